The fraction of sp³-hybridized carbons (Fsp3) is 0.562. The van der Waals surface area contributed by atoms with Crippen molar-refractivity contribution >= 4 is 65.4 Å². The first-order valence-corrected chi connectivity index (χ1v) is 26.7. The van der Waals surface area contributed by atoms with Crippen molar-refractivity contribution in [2.75, 3.05) is 38.4 Å². The number of aliphatic hydroxyl groups is 4. The molecule has 0 saturated carbocycles. The van der Waals surface area contributed by atoms with Gasteiger partial charge in [-0.3, -0.25) is 46.4 Å². The second kappa shape index (κ2) is 20.5. The molecule has 8 heterocycles. The fourth-order valence-electron chi connectivity index (χ4n) is 7.94. The van der Waals surface area contributed by atoms with Gasteiger partial charge in [0.1, 0.15) is 66.6 Å². The molecule has 16 atom stereocenters. The Morgan fingerprint density at radius 3 is 1.99 bits per heavy atom. The molecule has 0 spiro atoms. The predicted octanol–water partition coefficient (Wildman–Crippen LogP) is -4.57. The van der Waals surface area contributed by atoms with Crippen LogP contribution in [-0.2, 0) is 71.0 Å². The second-order valence-corrected chi connectivity index (χ2v) is 22.2. The van der Waals surface area contributed by atoms with Crippen molar-refractivity contribution in [2.24, 2.45) is 7.05 Å². The smallest absolute Gasteiger partial charge is 0.387 e. The molecule has 41 heteroatoms. The number of hydrogen-bond acceptors (Lipinski definition) is 27. The first-order valence-electron chi connectivity index (χ1n) is 20.7. The number of hydrogen-bond donors (Lipinski definition) is 12. The molecule has 3 aliphatic heterocycles. The van der Waals surface area contributed by atoms with Crippen LogP contribution in [0.1, 0.15) is 24.5 Å². The van der Waals surface area contributed by atoms with E-state index in [0.717, 1.165) is 39.4 Å². The van der Waals surface area contributed by atoms with Crippen LogP contribution in [0.3, 0.4) is 0 Å². The van der Waals surface area contributed by atoms with Gasteiger partial charge >= 0.3 is 42.6 Å². The van der Waals surface area contributed by atoms with Crippen LogP contribution >= 0.6 is 31.3 Å². The summed E-state index contributed by atoms with van der Waals surface area (Å²) in [5, 5.41) is 43.1. The Labute approximate surface area is 404 Å². The SMILES string of the molecule is COC1C(OP(=O)(O)OCC2OC(n3cnc4c(=O)[nH]c(C)nc43)C(O)C2O)C(COP(=O)(O)OP(=O)(O)OP(=O)(O)OCC2OC([n+]3cn(C)c4c(=O)[nH]c(N)nc43)C(O)C2O)OC1n1ccc(N)nc1=O. The standard InChI is InChI=1S/C32H44N12O25P4/c1-11-36-24-16(26(49)37-11)35-9-43(24)28-20(47)18(45)12(64-28)6-61-70(52,53)67-22-14(66-30(23(22)60-3)42-5-4-15(33)38-32(42)51)8-63-72(56,57)69-73(58,59)68-71(54,55)62-7-13-19(46)21(48)29(65-13)44-10-41(2)17-25(44)39-31(34)40-27(17)50/h4-5,9-10,12-14,18-23,28-30,45-48H,6-8H2,1-3H3,(H9-,33,34,36,37,38,39,40,49,50,51,52,53,54,55,56,57,58,59)/p+1. The highest BCUT2D eigenvalue weighted by Crippen LogP contribution is 2.68. The summed E-state index contributed by atoms with van der Waals surface area (Å²) in [7, 11) is -21.0. The van der Waals surface area contributed by atoms with E-state index in [4.69, 9.17) is 44.0 Å². The molecule has 3 aliphatic rings. The number of nitrogens with two attached hydrogens (primary N) is 2. The maximum absolute atomic E-state index is 13.5. The highest BCUT2D eigenvalue weighted by molar-refractivity contribution is 7.66. The fourth-order valence-corrected chi connectivity index (χ4v) is 12.4. The summed E-state index contributed by atoms with van der Waals surface area (Å²) >= 11 is 0. The summed E-state index contributed by atoms with van der Waals surface area (Å²) in [6.45, 7) is -2.00. The Balaban J connectivity index is 0.916. The number of rotatable bonds is 19. The van der Waals surface area contributed by atoms with E-state index in [2.05, 4.69) is 43.0 Å². The van der Waals surface area contributed by atoms with Gasteiger partial charge in [0.05, 0.1) is 33.2 Å². The van der Waals surface area contributed by atoms with Gasteiger partial charge < -0.3 is 75.4 Å². The Morgan fingerprint density at radius 2 is 1.34 bits per heavy atom. The van der Waals surface area contributed by atoms with Crippen LogP contribution in [-0.4, -0.2) is 165 Å². The maximum atomic E-state index is 13.5. The van der Waals surface area contributed by atoms with Gasteiger partial charge in [-0.05, 0) is 13.0 Å². The van der Waals surface area contributed by atoms with E-state index in [-0.39, 0.29) is 39.9 Å². The summed E-state index contributed by atoms with van der Waals surface area (Å²) in [6.07, 6.45) is -17.3. The zero-order valence-corrected chi connectivity index (χ0v) is 41.0. The first-order chi connectivity index (χ1) is 34.1. The molecule has 37 nitrogen and oxygen atoms in total. The van der Waals surface area contributed by atoms with E-state index in [1.807, 2.05) is 0 Å². The molecule has 3 saturated heterocycles. The van der Waals surface area contributed by atoms with Crippen LogP contribution in [0.25, 0.3) is 22.3 Å². The number of nitrogen functional groups attached to an aromatic ring is 2. The molecule has 16 unspecified atom stereocenters. The van der Waals surface area contributed by atoms with Gasteiger partial charge in [-0.25, -0.2) is 37.6 Å². The topological polar surface area (TPSA) is 527 Å². The number of aliphatic hydroxyl groups excluding tert-OH is 4. The number of nitrogens with one attached hydrogen (secondary N) is 2. The average Bonchev–Trinajstić information content (AvgIpc) is 4.07. The third-order valence-corrected chi connectivity index (χ3v) is 16.4. The Kier molecular flexibility index (Phi) is 15.3. The number of aryl methyl sites for hydroxylation is 2. The molecule has 5 aromatic heterocycles. The molecule has 3 fully saturated rings. The lowest BCUT2D eigenvalue weighted by Crippen LogP contribution is -2.46. The number of aromatic amines is 2. The monoisotopic (exact) mass is 1120 g/mol. The molecule has 402 valence electrons. The number of phosphoric acid groups is 4. The normalized spacial score (nSPS) is 30.9. The van der Waals surface area contributed by atoms with Crippen LogP contribution in [0.2, 0.25) is 0 Å². The summed E-state index contributed by atoms with van der Waals surface area (Å²) in [5.41, 5.74) is 8.57. The highest BCUT2D eigenvalue weighted by Gasteiger charge is 2.54. The van der Waals surface area contributed by atoms with E-state index >= 15 is 0 Å². The minimum absolute atomic E-state index is 0.0284. The zero-order chi connectivity index (χ0) is 53.3. The largest absolute Gasteiger partial charge is 0.490 e. The summed E-state index contributed by atoms with van der Waals surface area (Å²) in [4.78, 5) is 100. The summed E-state index contributed by atoms with van der Waals surface area (Å²) in [5.74, 6) is -0.389. The number of anilines is 2. The van der Waals surface area contributed by atoms with E-state index in [1.165, 1.54) is 24.9 Å². The minimum atomic E-state index is -6.21. The van der Waals surface area contributed by atoms with Crippen molar-refractivity contribution in [1.29, 1.82) is 0 Å². The van der Waals surface area contributed by atoms with Gasteiger partial charge in [0.2, 0.25) is 11.7 Å². The number of aromatic nitrogens is 10. The molecule has 0 aliphatic carbocycles. The average molecular weight is 1120 g/mol. The van der Waals surface area contributed by atoms with E-state index in [9.17, 15) is 72.6 Å². The van der Waals surface area contributed by atoms with Crippen molar-refractivity contribution in [2.45, 2.75) is 80.5 Å². The molecule has 0 radical (unpaired) electrons. The first kappa shape index (κ1) is 54.6. The van der Waals surface area contributed by atoms with Gasteiger partial charge in [0.15, 0.2) is 29.9 Å². The van der Waals surface area contributed by atoms with Gasteiger partial charge in [-0.2, -0.15) is 13.6 Å². The number of methoxy groups -OCH3 is 1. The lowest BCUT2D eigenvalue weighted by Gasteiger charge is -2.26. The maximum Gasteiger partial charge on any atom is 0.490 e. The summed E-state index contributed by atoms with van der Waals surface area (Å²) < 4.78 is 107. The lowest BCUT2D eigenvalue weighted by molar-refractivity contribution is -0.745. The van der Waals surface area contributed by atoms with Crippen LogP contribution in [0.15, 0.2) is 39.3 Å². The Morgan fingerprint density at radius 1 is 0.740 bits per heavy atom. The Bertz CT molecular complexity index is 3280. The van der Waals surface area contributed by atoms with E-state index in [0.29, 0.717) is 0 Å². The number of phosphoric ester groups is 3. The van der Waals surface area contributed by atoms with Crippen molar-refractivity contribution in [1.82, 2.24) is 43.6 Å². The van der Waals surface area contributed by atoms with Crippen molar-refractivity contribution in [3.05, 3.63) is 61.9 Å². The number of nitrogens with zero attached hydrogens (tertiary/aromatic N) is 8. The minimum Gasteiger partial charge on any atom is -0.387 e. The quantitative estimate of drug-likeness (QED) is 0.0274. The third-order valence-electron chi connectivity index (χ3n) is 11.1. The van der Waals surface area contributed by atoms with Gasteiger partial charge in [0.25, 0.3) is 17.1 Å². The van der Waals surface area contributed by atoms with Crippen LogP contribution in [0.4, 0.5) is 11.8 Å². The number of ether oxygens (including phenoxy) is 4. The molecule has 5 aromatic rings. The highest BCUT2D eigenvalue weighted by atomic mass is 31.3. The number of fused-ring (bicyclic) bond motifs is 2. The van der Waals surface area contributed by atoms with Crippen LogP contribution in [0.5, 0.6) is 0 Å². The van der Waals surface area contributed by atoms with Crippen molar-refractivity contribution in [3.8, 4) is 0 Å². The molecule has 0 bridgehead atoms. The van der Waals surface area contributed by atoms with E-state index in [1.54, 1.807) is 0 Å². The molecular formula is C32H45N12O25P4+. The molecule has 14 N–H and O–H groups in total. The molecule has 0 amide bonds. The molecule has 73 heavy (non-hydrogen) atoms. The van der Waals surface area contributed by atoms with Crippen LogP contribution < -0.4 is 32.8 Å². The lowest BCUT2D eigenvalue weighted by atomic mass is 10.1. The molecule has 0 aromatic carbocycles. The van der Waals surface area contributed by atoms with Crippen molar-refractivity contribution in [3.63, 3.8) is 0 Å². The van der Waals surface area contributed by atoms with Gasteiger partial charge in [-0.1, -0.05) is 4.98 Å². The Hall–Kier alpha value is -4.62. The molecule has 8 rings (SSSR count). The van der Waals surface area contributed by atoms with Gasteiger partial charge in [0, 0.05) is 13.3 Å². The van der Waals surface area contributed by atoms with Gasteiger partial charge in [-0.15, -0.1) is 0 Å². The number of imidazole rings is 2. The number of H-pyrrole nitrogens is 2. The predicted molar refractivity (Wildman–Crippen MR) is 232 cm³/mol. The third kappa shape index (κ3) is 11.5. The summed E-state index contributed by atoms with van der Waals surface area (Å²) in [6, 6.07) is 1.14. The van der Waals surface area contributed by atoms with Crippen LogP contribution in [0, 0.1) is 6.92 Å². The zero-order valence-electron chi connectivity index (χ0n) is 37.4. The second-order valence-electron chi connectivity index (χ2n) is 16.1. The molecular weight excluding hydrogens is 1080 g/mol. The van der Waals surface area contributed by atoms with E-state index < -0.39 is 142 Å². The van der Waals surface area contributed by atoms with Crippen molar-refractivity contribution < 1.29 is 108 Å².